The Morgan fingerprint density at radius 3 is 2.75 bits per heavy atom. The summed E-state index contributed by atoms with van der Waals surface area (Å²) in [5.74, 6) is -1.25. The highest BCUT2D eigenvalue weighted by Gasteiger charge is 2.35. The van der Waals surface area contributed by atoms with Gasteiger partial charge >= 0.3 is 0 Å². The van der Waals surface area contributed by atoms with Crippen LogP contribution in [0.1, 0.15) is 42.5 Å². The van der Waals surface area contributed by atoms with Crippen molar-refractivity contribution in [1.29, 1.82) is 0 Å². The van der Waals surface area contributed by atoms with Crippen LogP contribution in [0, 0.1) is 17.6 Å². The number of hydrogen-bond donors (Lipinski definition) is 0. The zero-order chi connectivity index (χ0) is 14.1. The van der Waals surface area contributed by atoms with Crippen LogP contribution in [0.4, 0.5) is 8.78 Å². The van der Waals surface area contributed by atoms with Crippen molar-refractivity contribution in [3.8, 4) is 0 Å². The molecule has 0 bridgehead atoms. The molecule has 3 rings (SSSR count). The number of ketones is 1. The van der Waals surface area contributed by atoms with Gasteiger partial charge in [0.2, 0.25) is 0 Å². The lowest BCUT2D eigenvalue weighted by molar-refractivity contribution is 0.0776. The van der Waals surface area contributed by atoms with Gasteiger partial charge in [-0.2, -0.15) is 0 Å². The van der Waals surface area contributed by atoms with Crippen LogP contribution in [0.3, 0.4) is 0 Å². The Labute approximate surface area is 117 Å². The Bertz CT molecular complexity index is 517. The third-order valence-electron chi connectivity index (χ3n) is 4.70. The summed E-state index contributed by atoms with van der Waals surface area (Å²) >= 11 is 0. The first-order valence-electron chi connectivity index (χ1n) is 7.37. The number of Topliss-reactive ketones (excluding diaryl/α,β-unsaturated/α-hetero) is 1. The Morgan fingerprint density at radius 2 is 1.95 bits per heavy atom. The maximum Gasteiger partial charge on any atom is 0.176 e. The predicted molar refractivity (Wildman–Crippen MR) is 72.6 cm³/mol. The zero-order valence-electron chi connectivity index (χ0n) is 11.4. The summed E-state index contributed by atoms with van der Waals surface area (Å²) in [7, 11) is 0. The van der Waals surface area contributed by atoms with Gasteiger partial charge in [0.25, 0.3) is 0 Å². The fourth-order valence-corrected chi connectivity index (χ4v) is 3.70. The van der Waals surface area contributed by atoms with E-state index in [4.69, 9.17) is 0 Å². The molecule has 20 heavy (non-hydrogen) atoms. The smallest absolute Gasteiger partial charge is 0.176 e. The van der Waals surface area contributed by atoms with Gasteiger partial charge in [0.05, 0.1) is 6.54 Å². The summed E-state index contributed by atoms with van der Waals surface area (Å²) in [5, 5.41) is 0. The SMILES string of the molecule is O=C(CN1CCCC2CCCC21)c1ccc(F)c(F)c1. The van der Waals surface area contributed by atoms with Crippen molar-refractivity contribution in [1.82, 2.24) is 4.90 Å². The minimum Gasteiger partial charge on any atom is -0.293 e. The van der Waals surface area contributed by atoms with E-state index in [9.17, 15) is 13.6 Å². The maximum atomic E-state index is 13.2. The summed E-state index contributed by atoms with van der Waals surface area (Å²) in [5.41, 5.74) is 0.268. The molecule has 1 aromatic carbocycles. The lowest BCUT2D eigenvalue weighted by atomic mass is 9.91. The van der Waals surface area contributed by atoms with Gasteiger partial charge in [0.15, 0.2) is 17.4 Å². The van der Waals surface area contributed by atoms with Crippen molar-refractivity contribution < 1.29 is 13.6 Å². The molecule has 1 aromatic rings. The average Bonchev–Trinajstić information content (AvgIpc) is 2.91. The van der Waals surface area contributed by atoms with Crippen molar-refractivity contribution in [2.24, 2.45) is 5.92 Å². The Kier molecular flexibility index (Phi) is 3.83. The van der Waals surface area contributed by atoms with Crippen molar-refractivity contribution in [3.05, 3.63) is 35.4 Å². The molecule has 108 valence electrons. The molecule has 2 unspecified atom stereocenters. The summed E-state index contributed by atoms with van der Waals surface area (Å²) in [6.07, 6.45) is 6.06. The molecule has 0 radical (unpaired) electrons. The molecule has 1 saturated carbocycles. The Balaban J connectivity index is 1.70. The number of carbonyl (C=O) groups is 1. The van der Waals surface area contributed by atoms with Crippen LogP contribution in [-0.2, 0) is 0 Å². The zero-order valence-corrected chi connectivity index (χ0v) is 11.4. The Morgan fingerprint density at radius 1 is 1.15 bits per heavy atom. The first-order valence-corrected chi connectivity index (χ1v) is 7.37. The van der Waals surface area contributed by atoms with E-state index in [1.807, 2.05) is 0 Å². The molecule has 0 amide bonds. The van der Waals surface area contributed by atoms with E-state index < -0.39 is 11.6 Å². The lowest BCUT2D eigenvalue weighted by Gasteiger charge is -2.37. The van der Waals surface area contributed by atoms with Gasteiger partial charge in [0, 0.05) is 11.6 Å². The van der Waals surface area contributed by atoms with Crippen LogP contribution in [-0.4, -0.2) is 29.8 Å². The minimum atomic E-state index is -0.951. The van der Waals surface area contributed by atoms with E-state index in [-0.39, 0.29) is 11.3 Å². The highest BCUT2D eigenvalue weighted by atomic mass is 19.2. The topological polar surface area (TPSA) is 20.3 Å². The molecule has 1 saturated heterocycles. The predicted octanol–water partition coefficient (Wildman–Crippen LogP) is 3.41. The normalized spacial score (nSPS) is 26.5. The fraction of sp³-hybridized carbons (Fsp3) is 0.562. The number of likely N-dealkylation sites (tertiary alicyclic amines) is 1. The number of halogens is 2. The maximum absolute atomic E-state index is 13.2. The summed E-state index contributed by atoms with van der Waals surface area (Å²) in [6.45, 7) is 1.27. The molecule has 0 aromatic heterocycles. The summed E-state index contributed by atoms with van der Waals surface area (Å²) in [4.78, 5) is 14.5. The third-order valence-corrected chi connectivity index (χ3v) is 4.70. The largest absolute Gasteiger partial charge is 0.293 e. The second-order valence-electron chi connectivity index (χ2n) is 5.92. The molecular formula is C16H19F2NO. The van der Waals surface area contributed by atoms with Gasteiger partial charge in [-0.15, -0.1) is 0 Å². The fourth-order valence-electron chi connectivity index (χ4n) is 3.70. The van der Waals surface area contributed by atoms with Crippen molar-refractivity contribution in [2.45, 2.75) is 38.1 Å². The lowest BCUT2D eigenvalue weighted by Crippen LogP contribution is -2.45. The van der Waals surface area contributed by atoms with Gasteiger partial charge in [-0.25, -0.2) is 8.78 Å². The number of benzene rings is 1. The molecule has 2 aliphatic rings. The highest BCUT2D eigenvalue weighted by molar-refractivity contribution is 5.97. The van der Waals surface area contributed by atoms with Crippen LogP contribution in [0.15, 0.2) is 18.2 Å². The standard InChI is InChI=1S/C16H19F2NO/c17-13-7-6-12(9-14(13)18)16(20)10-19-8-2-4-11-3-1-5-15(11)19/h6-7,9,11,15H,1-5,8,10H2. The van der Waals surface area contributed by atoms with Gasteiger partial charge in [0.1, 0.15) is 0 Å². The molecule has 1 heterocycles. The monoisotopic (exact) mass is 279 g/mol. The number of nitrogens with zero attached hydrogens (tertiary/aromatic N) is 1. The molecular weight excluding hydrogens is 260 g/mol. The number of piperidine rings is 1. The van der Waals surface area contributed by atoms with Crippen molar-refractivity contribution in [3.63, 3.8) is 0 Å². The van der Waals surface area contributed by atoms with E-state index in [1.54, 1.807) is 0 Å². The molecule has 2 atom stereocenters. The first kappa shape index (κ1) is 13.7. The molecule has 1 aliphatic carbocycles. The Hall–Kier alpha value is -1.29. The van der Waals surface area contributed by atoms with Gasteiger partial charge in [-0.3, -0.25) is 9.69 Å². The second-order valence-corrected chi connectivity index (χ2v) is 5.92. The van der Waals surface area contributed by atoms with Crippen molar-refractivity contribution >= 4 is 5.78 Å². The van der Waals surface area contributed by atoms with E-state index >= 15 is 0 Å². The molecule has 2 nitrogen and oxygen atoms in total. The van der Waals surface area contributed by atoms with E-state index in [2.05, 4.69) is 4.90 Å². The number of rotatable bonds is 3. The number of hydrogen-bond acceptors (Lipinski definition) is 2. The molecule has 4 heteroatoms. The molecule has 0 N–H and O–H groups in total. The average molecular weight is 279 g/mol. The van der Waals surface area contributed by atoms with E-state index in [0.29, 0.717) is 12.6 Å². The van der Waals surface area contributed by atoms with E-state index in [1.165, 1.54) is 25.3 Å². The van der Waals surface area contributed by atoms with E-state index in [0.717, 1.165) is 37.4 Å². The van der Waals surface area contributed by atoms with Gasteiger partial charge < -0.3 is 0 Å². The molecule has 1 aliphatic heterocycles. The summed E-state index contributed by atoms with van der Waals surface area (Å²) in [6, 6.07) is 3.92. The first-order chi connectivity index (χ1) is 9.65. The highest BCUT2D eigenvalue weighted by Crippen LogP contribution is 2.36. The van der Waals surface area contributed by atoms with Crippen LogP contribution in [0.2, 0.25) is 0 Å². The van der Waals surface area contributed by atoms with Crippen molar-refractivity contribution in [2.75, 3.05) is 13.1 Å². The number of fused-ring (bicyclic) bond motifs is 1. The summed E-state index contributed by atoms with van der Waals surface area (Å²) < 4.78 is 26.1. The molecule has 2 fully saturated rings. The van der Waals surface area contributed by atoms with Gasteiger partial charge in [-0.1, -0.05) is 6.42 Å². The quantitative estimate of drug-likeness (QED) is 0.790. The van der Waals surface area contributed by atoms with Gasteiger partial charge in [-0.05, 0) is 56.3 Å². The number of carbonyl (C=O) groups excluding carboxylic acids is 1. The second kappa shape index (κ2) is 5.60. The minimum absolute atomic E-state index is 0.114. The van der Waals surface area contributed by atoms with Crippen LogP contribution >= 0.6 is 0 Å². The third kappa shape index (κ3) is 2.62. The van der Waals surface area contributed by atoms with Crippen LogP contribution in [0.25, 0.3) is 0 Å². The van der Waals surface area contributed by atoms with Crippen LogP contribution in [0.5, 0.6) is 0 Å². The molecule has 0 spiro atoms. The van der Waals surface area contributed by atoms with Crippen LogP contribution < -0.4 is 0 Å².